The average molecular weight is 746 g/mol. The summed E-state index contributed by atoms with van der Waals surface area (Å²) in [5.74, 6) is 1.13. The van der Waals surface area contributed by atoms with E-state index >= 15 is 4.79 Å². The summed E-state index contributed by atoms with van der Waals surface area (Å²) in [5, 5.41) is 19.2. The van der Waals surface area contributed by atoms with Crippen molar-refractivity contribution >= 4 is 42.6 Å². The topological polar surface area (TPSA) is 119 Å². The van der Waals surface area contributed by atoms with Crippen molar-refractivity contribution in [3.63, 3.8) is 0 Å². The van der Waals surface area contributed by atoms with Crippen molar-refractivity contribution in [2.24, 2.45) is 5.92 Å². The first kappa shape index (κ1) is 37.0. The van der Waals surface area contributed by atoms with Gasteiger partial charge in [0.1, 0.15) is 11.5 Å². The zero-order valence-corrected chi connectivity index (χ0v) is 32.4. The predicted octanol–water partition coefficient (Wildman–Crippen LogP) is 5.98. The fourth-order valence-electron chi connectivity index (χ4n) is 8.63. The molecule has 3 heterocycles. The van der Waals surface area contributed by atoms with Crippen LogP contribution in [-0.2, 0) is 39.4 Å². The Morgan fingerprint density at radius 1 is 0.944 bits per heavy atom. The fraction of sp³-hybridized carbons (Fsp3) is 0.333. The van der Waals surface area contributed by atoms with Gasteiger partial charge in [-0.3, -0.25) is 19.2 Å². The third-order valence-corrected chi connectivity index (χ3v) is 15.7. The average Bonchev–Trinajstić information content (AvgIpc) is 3.84. The maximum atomic E-state index is 15.3. The van der Waals surface area contributed by atoms with Crippen molar-refractivity contribution in [3.8, 4) is 11.5 Å². The summed E-state index contributed by atoms with van der Waals surface area (Å²) in [5.41, 5.74) is 3.40. The molecule has 0 radical (unpaired) electrons. The lowest BCUT2D eigenvalue weighted by Gasteiger charge is -2.37. The van der Waals surface area contributed by atoms with Gasteiger partial charge in [0.15, 0.2) is 5.60 Å². The van der Waals surface area contributed by atoms with E-state index in [1.807, 2.05) is 96.0 Å². The lowest BCUT2D eigenvalue weighted by atomic mass is 9.82. The van der Waals surface area contributed by atoms with Crippen LogP contribution in [0, 0.1) is 5.92 Å². The number of aromatic nitrogens is 3. The van der Waals surface area contributed by atoms with E-state index in [0.717, 1.165) is 40.4 Å². The maximum absolute atomic E-state index is 15.3. The van der Waals surface area contributed by atoms with Crippen molar-refractivity contribution in [1.82, 2.24) is 15.0 Å². The molecule has 1 fully saturated rings. The highest BCUT2D eigenvalue weighted by Crippen LogP contribution is 2.60. The second kappa shape index (κ2) is 15.2. The molecular weight excluding hydrogens is 699 g/mol. The van der Waals surface area contributed by atoms with Crippen molar-refractivity contribution in [1.29, 1.82) is 0 Å². The third-order valence-electron chi connectivity index (χ3n) is 11.3. The molecule has 2 amide bonds. The van der Waals surface area contributed by atoms with Crippen LogP contribution in [0.5, 0.6) is 11.5 Å². The number of carbonyl (C=O) groups excluding carboxylic acids is 2. The molecule has 280 valence electrons. The first-order valence-corrected chi connectivity index (χ1v) is 21.4. The Morgan fingerprint density at radius 2 is 1.67 bits per heavy atom. The van der Waals surface area contributed by atoms with Crippen LogP contribution in [0.15, 0.2) is 103 Å². The Morgan fingerprint density at radius 3 is 2.37 bits per heavy atom. The molecule has 7 rings (SSSR count). The van der Waals surface area contributed by atoms with Gasteiger partial charge < -0.3 is 24.2 Å². The van der Waals surface area contributed by atoms with Crippen LogP contribution >= 0.6 is 0 Å². The third kappa shape index (κ3) is 6.58. The predicted molar refractivity (Wildman–Crippen MR) is 210 cm³/mol. The monoisotopic (exact) mass is 745 g/mol. The number of methoxy groups -OCH3 is 2. The fourth-order valence-corrected chi connectivity index (χ4v) is 12.7. The van der Waals surface area contributed by atoms with Crippen LogP contribution in [0.2, 0.25) is 18.6 Å². The maximum Gasteiger partial charge on any atom is 0.264 e. The summed E-state index contributed by atoms with van der Waals surface area (Å²) in [7, 11) is 0.928. The zero-order valence-electron chi connectivity index (χ0n) is 31.4. The van der Waals surface area contributed by atoms with Crippen molar-refractivity contribution < 1.29 is 28.9 Å². The van der Waals surface area contributed by atoms with Crippen molar-refractivity contribution in [2.45, 2.75) is 63.2 Å². The molecule has 11 nitrogen and oxygen atoms in total. The Hall–Kier alpha value is -5.30. The first-order valence-electron chi connectivity index (χ1n) is 18.4. The van der Waals surface area contributed by atoms with E-state index in [9.17, 15) is 9.90 Å². The van der Waals surface area contributed by atoms with Crippen molar-refractivity contribution in [2.75, 3.05) is 30.6 Å². The molecule has 2 aliphatic heterocycles. The van der Waals surface area contributed by atoms with Gasteiger partial charge in [0.05, 0.1) is 46.3 Å². The lowest BCUT2D eigenvalue weighted by Crippen LogP contribution is -2.51. The van der Waals surface area contributed by atoms with E-state index in [0.29, 0.717) is 30.8 Å². The number of carbonyl (C=O) groups is 2. The smallest absolute Gasteiger partial charge is 0.264 e. The van der Waals surface area contributed by atoms with E-state index < -0.39 is 13.7 Å². The molecule has 1 aromatic heterocycles. The number of ether oxygens (including phenoxy) is 3. The number of amides is 2. The highest BCUT2D eigenvalue weighted by molar-refractivity contribution is 6.91. The van der Waals surface area contributed by atoms with Gasteiger partial charge in [0, 0.05) is 48.6 Å². The number of hydrogen-bond acceptors (Lipinski definition) is 8. The number of para-hydroxylation sites is 1. The molecule has 12 heteroatoms. The van der Waals surface area contributed by atoms with Gasteiger partial charge in [-0.1, -0.05) is 72.9 Å². The Kier molecular flexibility index (Phi) is 10.4. The second-order valence-corrected chi connectivity index (χ2v) is 19.3. The molecule has 1 spiro atoms. The molecule has 1 saturated heterocycles. The first-order chi connectivity index (χ1) is 26.1. The number of aliphatic hydroxyl groups excluding tert-OH is 1. The number of fused-ring (bicyclic) bond motifs is 2. The summed E-state index contributed by atoms with van der Waals surface area (Å²) in [6.45, 7) is 7.72. The molecule has 0 saturated carbocycles. The number of benzene rings is 4. The minimum Gasteiger partial charge on any atom is -0.497 e. The number of rotatable bonds is 14. The zero-order chi connectivity index (χ0) is 38.0. The van der Waals surface area contributed by atoms with Gasteiger partial charge in [-0.05, 0) is 72.1 Å². The van der Waals surface area contributed by atoms with Crippen LogP contribution in [-0.4, -0.2) is 67.4 Å². The highest BCUT2D eigenvalue weighted by Gasteiger charge is 2.66. The van der Waals surface area contributed by atoms with Crippen LogP contribution in [0.25, 0.3) is 0 Å². The molecule has 4 atom stereocenters. The van der Waals surface area contributed by atoms with E-state index in [1.165, 1.54) is 5.19 Å². The summed E-state index contributed by atoms with van der Waals surface area (Å²) in [6.07, 6.45) is 3.44. The number of anilines is 3. The summed E-state index contributed by atoms with van der Waals surface area (Å²) in [4.78, 5) is 31.1. The Balaban J connectivity index is 1.28. The summed E-state index contributed by atoms with van der Waals surface area (Å²) < 4.78 is 20.3. The largest absolute Gasteiger partial charge is 0.497 e. The Bertz CT molecular complexity index is 2110. The molecule has 0 bridgehead atoms. The molecule has 0 unspecified atom stereocenters. The van der Waals surface area contributed by atoms with Crippen LogP contribution in [0.1, 0.15) is 30.2 Å². The van der Waals surface area contributed by atoms with Gasteiger partial charge in [0.25, 0.3) is 5.91 Å². The number of hydrogen-bond donors (Lipinski definition) is 1. The van der Waals surface area contributed by atoms with Crippen LogP contribution in [0.3, 0.4) is 0 Å². The van der Waals surface area contributed by atoms with Crippen molar-refractivity contribution in [3.05, 3.63) is 120 Å². The molecule has 54 heavy (non-hydrogen) atoms. The minimum atomic E-state index is -2.37. The quantitative estimate of drug-likeness (QED) is 0.109. The molecule has 1 N–H and O–H groups in total. The summed E-state index contributed by atoms with van der Waals surface area (Å²) >= 11 is 0. The van der Waals surface area contributed by atoms with Gasteiger partial charge in [-0.2, -0.15) is 0 Å². The second-order valence-electron chi connectivity index (χ2n) is 14.6. The van der Waals surface area contributed by atoms with Gasteiger partial charge in [-0.25, -0.2) is 0 Å². The Labute approximate surface area is 317 Å². The minimum absolute atomic E-state index is 0.00232. The van der Waals surface area contributed by atoms with E-state index in [-0.39, 0.29) is 36.6 Å². The number of nitrogens with zero attached hydrogens (tertiary/aromatic N) is 5. The van der Waals surface area contributed by atoms with E-state index in [1.54, 1.807) is 23.8 Å². The molecular formula is C42H47N5O6Si. The van der Waals surface area contributed by atoms with Gasteiger partial charge in [0.2, 0.25) is 6.41 Å². The number of aryl methyl sites for hydroxylation is 1. The number of aliphatic hydroxyl groups is 1. The van der Waals surface area contributed by atoms with Gasteiger partial charge in [-0.15, -0.1) is 5.10 Å². The van der Waals surface area contributed by atoms with E-state index in [2.05, 4.69) is 42.5 Å². The molecule has 5 aromatic rings. The molecule has 0 aliphatic carbocycles. The standard InChI is InChI=1S/C42H47N5O6Si/c1-29-40(54(4,5)36-17-14-34(51-2)15-18-36)39(20-22-45-27-31(21-23-48)43-44-45)53-42(29)37-25-35(52-3)16-19-38(37)46(41(42)50)26-30-10-9-13-33(24-30)47(28-49)32-11-7-6-8-12-32/h6-19,24-25,27-29,39-40,48H,20-23,26H2,1-5H3/t29-,39+,40-,42+/m1/s1. The molecule has 2 aliphatic rings. The lowest BCUT2D eigenvalue weighted by molar-refractivity contribution is -0.146. The molecule has 4 aromatic carbocycles. The van der Waals surface area contributed by atoms with Crippen LogP contribution in [0.4, 0.5) is 17.1 Å². The van der Waals surface area contributed by atoms with Crippen LogP contribution < -0.4 is 24.5 Å². The van der Waals surface area contributed by atoms with E-state index in [4.69, 9.17) is 14.2 Å². The highest BCUT2D eigenvalue weighted by atomic mass is 28.3. The van der Waals surface area contributed by atoms with Gasteiger partial charge >= 0.3 is 0 Å². The normalized spacial score (nSPS) is 20.7. The SMILES string of the molecule is COc1ccc([Si](C)(C)[C@H]2[C@H](CCn3cc(CCO)nn3)O[C@@]3(C(=O)N(Cc4cccc(N(C=O)c5ccccc5)c4)c4ccc(OC)cc43)[C@@H]2C)cc1. The summed E-state index contributed by atoms with van der Waals surface area (Å²) in [6, 6.07) is 31.3.